The van der Waals surface area contributed by atoms with Gasteiger partial charge in [0.25, 0.3) is 0 Å². The van der Waals surface area contributed by atoms with Gasteiger partial charge in [-0.25, -0.2) is 0 Å². The van der Waals surface area contributed by atoms with Crippen LogP contribution in [0.5, 0.6) is 0 Å². The molecule has 1 heterocycles. The fourth-order valence-corrected chi connectivity index (χ4v) is 9.51. The molecule has 1 aromatic heterocycles. The second kappa shape index (κ2) is 13.9. The largest absolute Gasteiger partial charge is 0.456 e. The van der Waals surface area contributed by atoms with Crippen LogP contribution in [0, 0.1) is 0 Å². The van der Waals surface area contributed by atoms with Crippen molar-refractivity contribution in [2.24, 2.45) is 0 Å². The Bertz CT molecular complexity index is 3590. The number of nitrogens with zero attached hydrogens (tertiary/aromatic N) is 1. The monoisotopic (exact) mass is 763 g/mol. The highest BCUT2D eigenvalue weighted by Gasteiger charge is 2.21. The second-order valence-electron chi connectivity index (χ2n) is 15.6. The Balaban J connectivity index is 1.09. The first-order chi connectivity index (χ1) is 29.8. The van der Waals surface area contributed by atoms with E-state index < -0.39 is 0 Å². The maximum absolute atomic E-state index is 6.50. The van der Waals surface area contributed by atoms with Gasteiger partial charge in [0, 0.05) is 33.9 Å². The van der Waals surface area contributed by atoms with Crippen molar-refractivity contribution in [1.29, 1.82) is 0 Å². The van der Waals surface area contributed by atoms with E-state index in [4.69, 9.17) is 4.42 Å². The Labute approximate surface area is 347 Å². The van der Waals surface area contributed by atoms with E-state index in [0.29, 0.717) is 0 Å². The van der Waals surface area contributed by atoms with Gasteiger partial charge < -0.3 is 9.32 Å². The summed E-state index contributed by atoms with van der Waals surface area (Å²) in [7, 11) is 0. The lowest BCUT2D eigenvalue weighted by molar-refractivity contribution is 0.669. The van der Waals surface area contributed by atoms with Gasteiger partial charge >= 0.3 is 0 Å². The molecule has 280 valence electrons. The molecule has 11 aromatic carbocycles. The predicted molar refractivity (Wildman–Crippen MR) is 255 cm³/mol. The van der Waals surface area contributed by atoms with E-state index in [9.17, 15) is 0 Å². The number of anilines is 3. The standard InChI is InChI=1S/C58H37NO/c1-3-15-40(16-4-1)57-53-22-10-9-20-48(53)50-34-31-43(36-54(50)58(57)41-17-5-2-6-18-41)59(44-32-35-52-51-21-11-12-25-55(51)60-56(52)37-44)42-29-26-39(27-30-42)46-23-13-24-47-45-19-8-7-14-38(45)28-33-49(46)47/h1-37H. The maximum atomic E-state index is 6.50. The molecule has 0 saturated heterocycles. The van der Waals surface area contributed by atoms with Gasteiger partial charge in [0.15, 0.2) is 0 Å². The molecule has 0 aliphatic heterocycles. The van der Waals surface area contributed by atoms with Crippen molar-refractivity contribution >= 4 is 82.1 Å². The molecule has 0 aliphatic rings. The number of fused-ring (bicyclic) bond motifs is 9. The molecule has 12 aromatic rings. The zero-order valence-corrected chi connectivity index (χ0v) is 32.7. The van der Waals surface area contributed by atoms with Crippen LogP contribution < -0.4 is 4.90 Å². The van der Waals surface area contributed by atoms with Crippen LogP contribution in [0.25, 0.3) is 98.4 Å². The smallest absolute Gasteiger partial charge is 0.137 e. The fourth-order valence-electron chi connectivity index (χ4n) is 9.51. The lowest BCUT2D eigenvalue weighted by Gasteiger charge is -2.27. The number of rotatable bonds is 6. The van der Waals surface area contributed by atoms with Gasteiger partial charge in [-0.1, -0.05) is 176 Å². The van der Waals surface area contributed by atoms with E-state index in [1.807, 2.05) is 12.1 Å². The summed E-state index contributed by atoms with van der Waals surface area (Å²) in [5.41, 5.74) is 12.1. The third-order valence-corrected chi connectivity index (χ3v) is 12.2. The number of benzene rings is 11. The number of hydrogen-bond donors (Lipinski definition) is 0. The second-order valence-corrected chi connectivity index (χ2v) is 15.6. The molecule has 0 aliphatic carbocycles. The Morgan fingerprint density at radius 3 is 1.55 bits per heavy atom. The third-order valence-electron chi connectivity index (χ3n) is 12.2. The van der Waals surface area contributed by atoms with E-state index in [1.165, 1.54) is 76.5 Å². The molecule has 0 spiro atoms. The summed E-state index contributed by atoms with van der Waals surface area (Å²) in [6, 6.07) is 81.3. The summed E-state index contributed by atoms with van der Waals surface area (Å²) in [5.74, 6) is 0. The number of furan rings is 1. The highest BCUT2D eigenvalue weighted by molar-refractivity contribution is 6.22. The zero-order valence-electron chi connectivity index (χ0n) is 32.7. The zero-order chi connectivity index (χ0) is 39.6. The van der Waals surface area contributed by atoms with Crippen molar-refractivity contribution in [2.45, 2.75) is 0 Å². The first-order valence-electron chi connectivity index (χ1n) is 20.6. The van der Waals surface area contributed by atoms with Gasteiger partial charge in [0.2, 0.25) is 0 Å². The summed E-state index contributed by atoms with van der Waals surface area (Å²) >= 11 is 0. The van der Waals surface area contributed by atoms with Crippen molar-refractivity contribution in [3.05, 3.63) is 224 Å². The molecule has 2 heteroatoms. The first-order valence-corrected chi connectivity index (χ1v) is 20.6. The van der Waals surface area contributed by atoms with Crippen LogP contribution in [0.15, 0.2) is 229 Å². The summed E-state index contributed by atoms with van der Waals surface area (Å²) in [4.78, 5) is 2.37. The Morgan fingerprint density at radius 1 is 0.267 bits per heavy atom. The molecule has 0 amide bonds. The van der Waals surface area contributed by atoms with Crippen LogP contribution in [-0.2, 0) is 0 Å². The predicted octanol–water partition coefficient (Wildman–Crippen LogP) is 16.7. The topological polar surface area (TPSA) is 16.4 Å². The molecule has 0 radical (unpaired) electrons. The minimum atomic E-state index is 0.862. The summed E-state index contributed by atoms with van der Waals surface area (Å²) in [6.45, 7) is 0. The Hall–Kier alpha value is -7.94. The van der Waals surface area contributed by atoms with E-state index >= 15 is 0 Å². The normalized spacial score (nSPS) is 11.7. The van der Waals surface area contributed by atoms with E-state index in [1.54, 1.807) is 0 Å². The highest BCUT2D eigenvalue weighted by atomic mass is 16.3. The van der Waals surface area contributed by atoms with Crippen LogP contribution in [-0.4, -0.2) is 0 Å². The quantitative estimate of drug-likeness (QED) is 0.157. The summed E-state index contributed by atoms with van der Waals surface area (Å²) in [6.07, 6.45) is 0. The van der Waals surface area contributed by atoms with Gasteiger partial charge in [-0.3, -0.25) is 0 Å². The van der Waals surface area contributed by atoms with E-state index in [2.05, 4.69) is 217 Å². The number of hydrogen-bond acceptors (Lipinski definition) is 2. The third kappa shape index (κ3) is 5.50. The van der Waals surface area contributed by atoms with Crippen molar-refractivity contribution in [3.63, 3.8) is 0 Å². The van der Waals surface area contributed by atoms with Gasteiger partial charge in [0.1, 0.15) is 11.2 Å². The lowest BCUT2D eigenvalue weighted by atomic mass is 9.85. The maximum Gasteiger partial charge on any atom is 0.137 e. The minimum absolute atomic E-state index is 0.862. The lowest BCUT2D eigenvalue weighted by Crippen LogP contribution is -2.10. The van der Waals surface area contributed by atoms with Crippen molar-refractivity contribution in [1.82, 2.24) is 0 Å². The van der Waals surface area contributed by atoms with Crippen molar-refractivity contribution < 1.29 is 4.42 Å². The SMILES string of the molecule is c1ccc(-c2c(-c3ccccc3)c3cc(N(c4ccc(-c5cccc6c5ccc5ccccc56)cc4)c4ccc5c(c4)oc4ccccc45)ccc3c3ccccc23)cc1. The Morgan fingerprint density at radius 2 is 0.783 bits per heavy atom. The van der Waals surface area contributed by atoms with Crippen LogP contribution >= 0.6 is 0 Å². The molecule has 0 saturated carbocycles. The molecule has 0 unspecified atom stereocenters. The molecular weight excluding hydrogens is 727 g/mol. The van der Waals surface area contributed by atoms with Crippen LogP contribution in [0.4, 0.5) is 17.1 Å². The van der Waals surface area contributed by atoms with Gasteiger partial charge in [-0.2, -0.15) is 0 Å². The van der Waals surface area contributed by atoms with Crippen molar-refractivity contribution in [2.75, 3.05) is 4.90 Å². The van der Waals surface area contributed by atoms with Crippen LogP contribution in [0.2, 0.25) is 0 Å². The highest BCUT2D eigenvalue weighted by Crippen LogP contribution is 2.47. The average Bonchev–Trinajstić information content (AvgIpc) is 3.70. The minimum Gasteiger partial charge on any atom is -0.456 e. The van der Waals surface area contributed by atoms with Gasteiger partial charge in [0.05, 0.1) is 0 Å². The molecule has 0 atom stereocenters. The molecule has 12 rings (SSSR count). The average molecular weight is 764 g/mol. The van der Waals surface area contributed by atoms with E-state index in [0.717, 1.165) is 39.0 Å². The molecule has 0 bridgehead atoms. The Kier molecular flexibility index (Phi) is 7.89. The van der Waals surface area contributed by atoms with Gasteiger partial charge in [-0.15, -0.1) is 0 Å². The van der Waals surface area contributed by atoms with Gasteiger partial charge in [-0.05, 0) is 119 Å². The molecule has 60 heavy (non-hydrogen) atoms. The van der Waals surface area contributed by atoms with Crippen LogP contribution in [0.3, 0.4) is 0 Å². The molecule has 0 fully saturated rings. The fraction of sp³-hybridized carbons (Fsp3) is 0. The molecular formula is C58H37NO. The first kappa shape index (κ1) is 34.1. The van der Waals surface area contributed by atoms with Crippen LogP contribution in [0.1, 0.15) is 0 Å². The molecule has 2 nitrogen and oxygen atoms in total. The van der Waals surface area contributed by atoms with E-state index in [-0.39, 0.29) is 0 Å². The van der Waals surface area contributed by atoms with Crippen molar-refractivity contribution in [3.8, 4) is 33.4 Å². The summed E-state index contributed by atoms with van der Waals surface area (Å²) in [5, 5.41) is 12.2. The summed E-state index contributed by atoms with van der Waals surface area (Å²) < 4.78 is 6.50. The number of para-hydroxylation sites is 1. The molecule has 0 N–H and O–H groups in total.